The van der Waals surface area contributed by atoms with Crippen molar-refractivity contribution in [2.45, 2.75) is 46.3 Å². The van der Waals surface area contributed by atoms with E-state index in [4.69, 9.17) is 4.74 Å². The minimum atomic E-state index is -1.16. The largest absolute Gasteiger partial charge is 0.418 e. The zero-order chi connectivity index (χ0) is 20.6. The molecule has 0 bridgehead atoms. The average molecular weight is 388 g/mol. The summed E-state index contributed by atoms with van der Waals surface area (Å²) in [5, 5.41) is 11.5. The van der Waals surface area contributed by atoms with Crippen LogP contribution in [0.2, 0.25) is 0 Å². The highest BCUT2D eigenvalue weighted by Gasteiger charge is 2.51. The van der Waals surface area contributed by atoms with E-state index >= 15 is 0 Å². The van der Waals surface area contributed by atoms with Crippen LogP contribution in [0.5, 0.6) is 0 Å². The third-order valence-electron chi connectivity index (χ3n) is 4.26. The van der Waals surface area contributed by atoms with E-state index in [1.54, 1.807) is 18.2 Å². The molecule has 1 aromatic carbocycles. The first kappa shape index (κ1) is 21.0. The van der Waals surface area contributed by atoms with Gasteiger partial charge in [0.2, 0.25) is 0 Å². The SMILES string of the molecule is C=C=CC1(c2ccc([N+](=O)[O-])cc2)SC(=C(C(C)(C)C)C(C)(C)C)OC1=O. The Morgan fingerprint density at radius 3 is 2.11 bits per heavy atom. The number of hydrogen-bond donors (Lipinski definition) is 0. The van der Waals surface area contributed by atoms with Crippen LogP contribution in [0, 0.1) is 20.9 Å². The molecule has 0 spiro atoms. The summed E-state index contributed by atoms with van der Waals surface area (Å²) >= 11 is 1.30. The summed E-state index contributed by atoms with van der Waals surface area (Å²) in [4.78, 5) is 23.4. The van der Waals surface area contributed by atoms with Gasteiger partial charge in [0.15, 0.2) is 9.84 Å². The number of carbonyl (C=O) groups is 1. The summed E-state index contributed by atoms with van der Waals surface area (Å²) in [6.45, 7) is 16.1. The van der Waals surface area contributed by atoms with Crippen molar-refractivity contribution in [1.82, 2.24) is 0 Å². The molecule has 1 heterocycles. The van der Waals surface area contributed by atoms with Gasteiger partial charge in [0.1, 0.15) is 0 Å². The standard InChI is InChI=1S/C21H25NO4S/c1-8-13-21(14-9-11-15(12-10-14)22(24)25)18(23)26-17(27-21)16(19(2,3)4)20(5,6)7/h9-13H,1H2,2-7H3. The van der Waals surface area contributed by atoms with Gasteiger partial charge in [0.05, 0.1) is 4.92 Å². The van der Waals surface area contributed by atoms with Gasteiger partial charge < -0.3 is 4.74 Å². The van der Waals surface area contributed by atoms with Crippen molar-refractivity contribution in [3.8, 4) is 0 Å². The number of carbonyl (C=O) groups excluding carboxylic acids is 1. The van der Waals surface area contributed by atoms with Crippen molar-refractivity contribution in [3.63, 3.8) is 0 Å². The predicted octanol–water partition coefficient (Wildman–Crippen LogP) is 5.73. The second kappa shape index (κ2) is 7.02. The van der Waals surface area contributed by atoms with Crippen LogP contribution < -0.4 is 0 Å². The molecule has 0 aliphatic carbocycles. The summed E-state index contributed by atoms with van der Waals surface area (Å²) in [5.74, 6) is -0.446. The summed E-state index contributed by atoms with van der Waals surface area (Å²) in [5.41, 5.74) is 3.89. The van der Waals surface area contributed by atoms with E-state index in [2.05, 4.69) is 53.9 Å². The Balaban J connectivity index is 2.66. The number of rotatable bonds is 3. The monoisotopic (exact) mass is 387 g/mol. The van der Waals surface area contributed by atoms with Crippen molar-refractivity contribution in [2.24, 2.45) is 10.8 Å². The minimum Gasteiger partial charge on any atom is -0.418 e. The molecule has 0 saturated carbocycles. The predicted molar refractivity (Wildman–Crippen MR) is 108 cm³/mol. The fourth-order valence-corrected chi connectivity index (χ4v) is 5.18. The smallest absolute Gasteiger partial charge is 0.337 e. The highest BCUT2D eigenvalue weighted by atomic mass is 32.2. The van der Waals surface area contributed by atoms with E-state index in [0.29, 0.717) is 10.7 Å². The second-order valence-electron chi connectivity index (χ2n) is 8.54. The molecule has 6 heteroatoms. The number of allylic oxidation sites excluding steroid dienone is 1. The summed E-state index contributed by atoms with van der Waals surface area (Å²) < 4.78 is 4.59. The Bertz CT molecular complexity index is 834. The molecule has 1 unspecified atom stereocenters. The molecule has 1 atom stereocenters. The molecule has 2 rings (SSSR count). The molecule has 0 aromatic heterocycles. The van der Waals surface area contributed by atoms with E-state index in [-0.39, 0.29) is 16.5 Å². The molecular weight excluding hydrogens is 362 g/mol. The normalized spacial score (nSPS) is 20.1. The van der Waals surface area contributed by atoms with E-state index in [0.717, 1.165) is 5.57 Å². The van der Waals surface area contributed by atoms with Crippen LogP contribution >= 0.6 is 11.8 Å². The van der Waals surface area contributed by atoms with Crippen molar-refractivity contribution in [1.29, 1.82) is 0 Å². The third-order valence-corrected chi connectivity index (χ3v) is 5.57. The summed E-state index contributed by atoms with van der Waals surface area (Å²) in [6.07, 6.45) is 1.57. The molecule has 1 fully saturated rings. The Labute approximate surface area is 164 Å². The number of hydrogen-bond acceptors (Lipinski definition) is 5. The van der Waals surface area contributed by atoms with Crippen molar-refractivity contribution in [3.05, 3.63) is 69.0 Å². The maximum atomic E-state index is 13.0. The van der Waals surface area contributed by atoms with Crippen LogP contribution in [-0.2, 0) is 14.3 Å². The van der Waals surface area contributed by atoms with Gasteiger partial charge in [-0.05, 0) is 40.2 Å². The van der Waals surface area contributed by atoms with Gasteiger partial charge in [-0.3, -0.25) is 10.1 Å². The lowest BCUT2D eigenvalue weighted by molar-refractivity contribution is -0.384. The van der Waals surface area contributed by atoms with E-state index in [9.17, 15) is 14.9 Å². The van der Waals surface area contributed by atoms with Crippen molar-refractivity contribution < 1.29 is 14.5 Å². The number of nitro groups is 1. The number of nitrogens with zero attached hydrogens (tertiary/aromatic N) is 1. The number of non-ortho nitro benzene ring substituents is 1. The zero-order valence-electron chi connectivity index (χ0n) is 16.6. The lowest BCUT2D eigenvalue weighted by atomic mass is 9.72. The topological polar surface area (TPSA) is 69.4 Å². The van der Waals surface area contributed by atoms with Gasteiger partial charge in [0.25, 0.3) is 5.69 Å². The molecule has 1 aliphatic heterocycles. The van der Waals surface area contributed by atoms with Crippen molar-refractivity contribution >= 4 is 23.4 Å². The average Bonchev–Trinajstić information content (AvgIpc) is 2.81. The van der Waals surface area contributed by atoms with E-state index in [1.165, 1.54) is 23.9 Å². The molecule has 1 saturated heterocycles. The highest BCUT2D eigenvalue weighted by Crippen LogP contribution is 2.55. The molecule has 27 heavy (non-hydrogen) atoms. The Morgan fingerprint density at radius 2 is 1.70 bits per heavy atom. The number of benzene rings is 1. The molecule has 5 nitrogen and oxygen atoms in total. The lowest BCUT2D eigenvalue weighted by Crippen LogP contribution is -2.25. The molecule has 0 N–H and O–H groups in total. The van der Waals surface area contributed by atoms with Gasteiger partial charge in [-0.25, -0.2) is 4.79 Å². The highest BCUT2D eigenvalue weighted by molar-refractivity contribution is 8.05. The van der Waals surface area contributed by atoms with Gasteiger partial charge in [-0.1, -0.05) is 59.9 Å². The van der Waals surface area contributed by atoms with Crippen LogP contribution in [0.1, 0.15) is 47.1 Å². The maximum Gasteiger partial charge on any atom is 0.337 e. The minimum absolute atomic E-state index is 0.0336. The quantitative estimate of drug-likeness (QED) is 0.287. The first-order valence-electron chi connectivity index (χ1n) is 8.61. The first-order valence-corrected chi connectivity index (χ1v) is 9.43. The summed E-state index contributed by atoms with van der Waals surface area (Å²) in [7, 11) is 0. The Kier molecular flexibility index (Phi) is 5.46. The van der Waals surface area contributed by atoms with Crippen LogP contribution in [0.15, 0.2) is 53.3 Å². The fourth-order valence-electron chi connectivity index (χ4n) is 3.53. The molecule has 0 amide bonds. The molecule has 0 radical (unpaired) electrons. The fraction of sp³-hybridized carbons (Fsp3) is 0.429. The maximum absolute atomic E-state index is 13.0. The van der Waals surface area contributed by atoms with Crippen molar-refractivity contribution in [2.75, 3.05) is 0 Å². The number of ether oxygens (including phenoxy) is 1. The third kappa shape index (κ3) is 4.02. The van der Waals surface area contributed by atoms with Gasteiger partial charge in [0, 0.05) is 12.1 Å². The summed E-state index contributed by atoms with van der Waals surface area (Å²) in [6, 6.07) is 5.93. The van der Waals surface area contributed by atoms with Gasteiger partial charge in [-0.2, -0.15) is 0 Å². The number of esters is 1. The van der Waals surface area contributed by atoms with Crippen LogP contribution in [0.25, 0.3) is 0 Å². The first-order chi connectivity index (χ1) is 12.3. The number of cyclic esters (lactones) is 1. The van der Waals surface area contributed by atoms with E-state index < -0.39 is 15.6 Å². The lowest BCUT2D eigenvalue weighted by Gasteiger charge is -2.34. The van der Waals surface area contributed by atoms with Gasteiger partial charge in [-0.15, -0.1) is 5.73 Å². The van der Waals surface area contributed by atoms with Crippen LogP contribution in [0.4, 0.5) is 5.69 Å². The molecule has 1 aliphatic rings. The number of thioether (sulfide) groups is 1. The molecular formula is C21H25NO4S. The van der Waals surface area contributed by atoms with Crippen LogP contribution in [-0.4, -0.2) is 10.9 Å². The molecule has 1 aromatic rings. The zero-order valence-corrected chi connectivity index (χ0v) is 17.4. The molecule has 144 valence electrons. The number of nitro benzene ring substituents is 1. The van der Waals surface area contributed by atoms with E-state index in [1.807, 2.05) is 0 Å². The second-order valence-corrected chi connectivity index (χ2v) is 9.76. The Hall–Kier alpha value is -2.30. The van der Waals surface area contributed by atoms with Crippen LogP contribution in [0.3, 0.4) is 0 Å². The van der Waals surface area contributed by atoms with Gasteiger partial charge >= 0.3 is 5.97 Å². The Morgan fingerprint density at radius 1 is 1.19 bits per heavy atom.